The van der Waals surface area contributed by atoms with Crippen molar-refractivity contribution in [3.63, 3.8) is 0 Å². The molecule has 0 unspecified atom stereocenters. The molecule has 5 heteroatoms. The largest absolute Gasteiger partial charge is 0.463 e. The number of ether oxygens (including phenoxy) is 1. The summed E-state index contributed by atoms with van der Waals surface area (Å²) in [6.07, 6.45) is 4.75. The number of benzene rings is 1. The SMILES string of the molecule is CCCCOC(=O)/C=C/c1cccc(C)c1C(=O)N(C)OC. The molecule has 0 heterocycles. The maximum absolute atomic E-state index is 12.3. The quantitative estimate of drug-likeness (QED) is 0.336. The summed E-state index contributed by atoms with van der Waals surface area (Å²) in [4.78, 5) is 28.9. The number of rotatable bonds is 7. The Morgan fingerprint density at radius 1 is 1.32 bits per heavy atom. The van der Waals surface area contributed by atoms with Crippen LogP contribution in [0.25, 0.3) is 6.08 Å². The normalized spacial score (nSPS) is 10.7. The van der Waals surface area contributed by atoms with Gasteiger partial charge in [0, 0.05) is 13.1 Å². The Hall–Kier alpha value is -2.14. The first-order chi connectivity index (χ1) is 10.5. The van der Waals surface area contributed by atoms with Crippen molar-refractivity contribution < 1.29 is 19.2 Å². The summed E-state index contributed by atoms with van der Waals surface area (Å²) in [6.45, 7) is 4.28. The summed E-state index contributed by atoms with van der Waals surface area (Å²) in [5.74, 6) is -0.673. The van der Waals surface area contributed by atoms with Gasteiger partial charge in [-0.2, -0.15) is 0 Å². The minimum Gasteiger partial charge on any atom is -0.463 e. The van der Waals surface area contributed by atoms with Crippen LogP contribution in [0.3, 0.4) is 0 Å². The summed E-state index contributed by atoms with van der Waals surface area (Å²) in [5, 5.41) is 1.15. The molecule has 0 saturated carbocycles. The van der Waals surface area contributed by atoms with Gasteiger partial charge in [0.2, 0.25) is 0 Å². The number of hydrogen-bond donors (Lipinski definition) is 0. The number of unbranched alkanes of at least 4 members (excludes halogenated alkanes) is 1. The van der Waals surface area contributed by atoms with E-state index in [1.54, 1.807) is 19.2 Å². The molecule has 1 rings (SSSR count). The molecular weight excluding hydrogens is 282 g/mol. The zero-order valence-electron chi connectivity index (χ0n) is 13.6. The predicted octanol–water partition coefficient (Wildman–Crippen LogP) is 2.98. The molecule has 0 spiro atoms. The molecule has 0 atom stereocenters. The fourth-order valence-electron chi connectivity index (χ4n) is 1.88. The molecule has 0 N–H and O–H groups in total. The van der Waals surface area contributed by atoms with Crippen LogP contribution in [0.5, 0.6) is 0 Å². The minimum absolute atomic E-state index is 0.264. The summed E-state index contributed by atoms with van der Waals surface area (Å²) < 4.78 is 5.06. The Morgan fingerprint density at radius 3 is 2.68 bits per heavy atom. The maximum atomic E-state index is 12.3. The number of nitrogens with zero attached hydrogens (tertiary/aromatic N) is 1. The Kier molecular flexibility index (Phi) is 7.32. The fraction of sp³-hybridized carbons (Fsp3) is 0.412. The molecule has 1 aromatic carbocycles. The Bertz CT molecular complexity index is 552. The van der Waals surface area contributed by atoms with Crippen molar-refractivity contribution in [3.05, 3.63) is 41.0 Å². The van der Waals surface area contributed by atoms with E-state index in [1.165, 1.54) is 13.2 Å². The van der Waals surface area contributed by atoms with E-state index < -0.39 is 5.97 Å². The van der Waals surface area contributed by atoms with Gasteiger partial charge in [-0.25, -0.2) is 9.86 Å². The van der Waals surface area contributed by atoms with Crippen LogP contribution in [-0.2, 0) is 14.4 Å². The highest BCUT2D eigenvalue weighted by Gasteiger charge is 2.17. The molecular formula is C17H23NO4. The number of carbonyl (C=O) groups is 2. The minimum atomic E-state index is -0.409. The van der Waals surface area contributed by atoms with Crippen molar-refractivity contribution in [1.29, 1.82) is 0 Å². The second kappa shape index (κ2) is 9.00. The average molecular weight is 305 g/mol. The number of hydroxylamine groups is 2. The van der Waals surface area contributed by atoms with Gasteiger partial charge in [-0.15, -0.1) is 0 Å². The van der Waals surface area contributed by atoms with Gasteiger partial charge in [0.15, 0.2) is 0 Å². The highest BCUT2D eigenvalue weighted by molar-refractivity contribution is 5.99. The first-order valence-corrected chi connectivity index (χ1v) is 7.27. The summed E-state index contributed by atoms with van der Waals surface area (Å²) in [7, 11) is 2.97. The molecule has 0 aliphatic rings. The Balaban J connectivity index is 2.93. The maximum Gasteiger partial charge on any atom is 0.330 e. The molecule has 0 radical (unpaired) electrons. The molecule has 22 heavy (non-hydrogen) atoms. The number of carbonyl (C=O) groups excluding carboxylic acids is 2. The molecule has 1 amide bonds. The second-order valence-corrected chi connectivity index (χ2v) is 4.88. The molecule has 1 aromatic rings. The monoisotopic (exact) mass is 305 g/mol. The van der Waals surface area contributed by atoms with Gasteiger partial charge < -0.3 is 4.74 Å². The molecule has 5 nitrogen and oxygen atoms in total. The van der Waals surface area contributed by atoms with E-state index in [-0.39, 0.29) is 5.91 Å². The van der Waals surface area contributed by atoms with Crippen LogP contribution < -0.4 is 0 Å². The molecule has 0 saturated heterocycles. The standard InChI is InChI=1S/C17H23NO4/c1-5-6-12-22-15(19)11-10-14-9-7-8-13(2)16(14)17(20)18(3)21-4/h7-11H,5-6,12H2,1-4H3/b11-10+. The number of aryl methyl sites for hydroxylation is 1. The Labute approximate surface area is 131 Å². The van der Waals surface area contributed by atoms with E-state index >= 15 is 0 Å². The van der Waals surface area contributed by atoms with Crippen molar-refractivity contribution in [2.24, 2.45) is 0 Å². The van der Waals surface area contributed by atoms with Crippen molar-refractivity contribution in [1.82, 2.24) is 5.06 Å². The molecule has 120 valence electrons. The van der Waals surface area contributed by atoms with E-state index in [0.717, 1.165) is 23.5 Å². The van der Waals surface area contributed by atoms with Gasteiger partial charge in [-0.05, 0) is 30.5 Å². The Morgan fingerprint density at radius 2 is 2.05 bits per heavy atom. The molecule has 0 fully saturated rings. The van der Waals surface area contributed by atoms with E-state index in [4.69, 9.17) is 9.57 Å². The third kappa shape index (κ3) is 5.00. The lowest BCUT2D eigenvalue weighted by Gasteiger charge is -2.16. The van der Waals surface area contributed by atoms with E-state index in [1.807, 2.05) is 26.0 Å². The van der Waals surface area contributed by atoms with Gasteiger partial charge in [-0.1, -0.05) is 31.5 Å². The summed E-state index contributed by atoms with van der Waals surface area (Å²) in [6, 6.07) is 5.45. The van der Waals surface area contributed by atoms with Gasteiger partial charge >= 0.3 is 5.97 Å². The molecule has 0 aliphatic carbocycles. The van der Waals surface area contributed by atoms with Crippen LogP contribution in [0.15, 0.2) is 24.3 Å². The van der Waals surface area contributed by atoms with Crippen molar-refractivity contribution in [3.8, 4) is 0 Å². The van der Waals surface area contributed by atoms with Gasteiger partial charge in [0.1, 0.15) is 0 Å². The topological polar surface area (TPSA) is 55.8 Å². The first-order valence-electron chi connectivity index (χ1n) is 7.27. The zero-order valence-corrected chi connectivity index (χ0v) is 13.6. The predicted molar refractivity (Wildman–Crippen MR) is 85.2 cm³/mol. The van der Waals surface area contributed by atoms with Crippen LogP contribution in [0.2, 0.25) is 0 Å². The fourth-order valence-corrected chi connectivity index (χ4v) is 1.88. The van der Waals surface area contributed by atoms with Gasteiger partial charge in [0.25, 0.3) is 5.91 Å². The van der Waals surface area contributed by atoms with Crippen LogP contribution in [-0.4, -0.2) is 37.7 Å². The highest BCUT2D eigenvalue weighted by atomic mass is 16.7. The molecule has 0 aromatic heterocycles. The third-order valence-corrected chi connectivity index (χ3v) is 3.22. The average Bonchev–Trinajstić information content (AvgIpc) is 2.51. The lowest BCUT2D eigenvalue weighted by Crippen LogP contribution is -2.26. The lowest BCUT2D eigenvalue weighted by molar-refractivity contribution is -0.137. The van der Waals surface area contributed by atoms with Crippen LogP contribution in [0.4, 0.5) is 0 Å². The highest BCUT2D eigenvalue weighted by Crippen LogP contribution is 2.18. The first kappa shape index (κ1) is 17.9. The molecule has 0 bridgehead atoms. The molecule has 0 aliphatic heterocycles. The third-order valence-electron chi connectivity index (χ3n) is 3.22. The van der Waals surface area contributed by atoms with Crippen molar-refractivity contribution >= 4 is 18.0 Å². The summed E-state index contributed by atoms with van der Waals surface area (Å²) in [5.41, 5.74) is 1.97. The number of hydrogen-bond acceptors (Lipinski definition) is 4. The summed E-state index contributed by atoms with van der Waals surface area (Å²) >= 11 is 0. The van der Waals surface area contributed by atoms with Crippen LogP contribution in [0, 0.1) is 6.92 Å². The van der Waals surface area contributed by atoms with Crippen molar-refractivity contribution in [2.75, 3.05) is 20.8 Å². The van der Waals surface area contributed by atoms with E-state index in [2.05, 4.69) is 0 Å². The van der Waals surface area contributed by atoms with E-state index in [0.29, 0.717) is 17.7 Å². The number of esters is 1. The zero-order chi connectivity index (χ0) is 16.5. The number of amides is 1. The smallest absolute Gasteiger partial charge is 0.330 e. The van der Waals surface area contributed by atoms with Crippen LogP contribution >= 0.6 is 0 Å². The van der Waals surface area contributed by atoms with Crippen LogP contribution in [0.1, 0.15) is 41.3 Å². The lowest BCUT2D eigenvalue weighted by atomic mass is 10.0. The van der Waals surface area contributed by atoms with Gasteiger partial charge in [0.05, 0.1) is 19.3 Å². The van der Waals surface area contributed by atoms with Gasteiger partial charge in [-0.3, -0.25) is 9.63 Å². The van der Waals surface area contributed by atoms with E-state index in [9.17, 15) is 9.59 Å². The van der Waals surface area contributed by atoms with Crippen molar-refractivity contribution in [2.45, 2.75) is 26.7 Å². The second-order valence-electron chi connectivity index (χ2n) is 4.88.